The Hall–Kier alpha value is -0.0700. The van der Waals surface area contributed by atoms with Crippen molar-refractivity contribution in [2.45, 2.75) is 13.3 Å². The molecule has 1 rings (SSSR count). The van der Waals surface area contributed by atoms with E-state index in [0.29, 0.717) is 6.42 Å². The molecule has 0 bridgehead atoms. The van der Waals surface area contributed by atoms with Gasteiger partial charge in [0.2, 0.25) is 0 Å². The molecule has 0 heterocycles. The number of rotatable bonds is 5. The third-order valence-electron chi connectivity index (χ3n) is 1.37. The molecule has 15 heavy (non-hydrogen) atoms. The van der Waals surface area contributed by atoms with Gasteiger partial charge in [-0.15, -0.1) is 0 Å². The van der Waals surface area contributed by atoms with Gasteiger partial charge >= 0.3 is 40.0 Å². The van der Waals surface area contributed by atoms with E-state index >= 15 is 0 Å². The summed E-state index contributed by atoms with van der Waals surface area (Å²) >= 11 is 0. The van der Waals surface area contributed by atoms with Crippen LogP contribution in [0.15, 0.2) is 30.3 Å². The maximum atomic E-state index is 11.1. The number of para-hydroxylation sites is 1. The molecule has 0 aliphatic carbocycles. The first-order chi connectivity index (χ1) is 6.64. The summed E-state index contributed by atoms with van der Waals surface area (Å²) in [6, 6.07) is 8.24. The Kier molecular flexibility index (Phi) is 7.21. The van der Waals surface area contributed by atoms with Gasteiger partial charge in [-0.2, -0.15) is 8.42 Å². The second-order valence-electron chi connectivity index (χ2n) is 2.63. The maximum absolute atomic E-state index is 11.1. The Morgan fingerprint density at radius 1 is 1.20 bits per heavy atom. The number of benzene rings is 1. The van der Waals surface area contributed by atoms with Crippen molar-refractivity contribution in [3.05, 3.63) is 30.3 Å². The van der Waals surface area contributed by atoms with E-state index in [9.17, 15) is 8.42 Å². The van der Waals surface area contributed by atoms with Crippen LogP contribution in [0.5, 0.6) is 5.75 Å². The molecule has 4 nitrogen and oxygen atoms in total. The van der Waals surface area contributed by atoms with Crippen molar-refractivity contribution in [1.29, 1.82) is 0 Å². The van der Waals surface area contributed by atoms with Crippen LogP contribution < -0.4 is 4.18 Å². The topological polar surface area (TPSA) is 52.6 Å². The summed E-state index contributed by atoms with van der Waals surface area (Å²) in [6.07, 6.45) is 0.622. The van der Waals surface area contributed by atoms with E-state index in [4.69, 9.17) is 0 Å². The second-order valence-corrected chi connectivity index (χ2v) is 3.85. The van der Waals surface area contributed by atoms with Crippen LogP contribution >= 0.6 is 0 Å². The molecule has 6 heteroatoms. The molecule has 0 unspecified atom stereocenters. The Labute approximate surface area is 112 Å². The third-order valence-corrected chi connectivity index (χ3v) is 2.23. The fraction of sp³-hybridized carbons (Fsp3) is 0.333. The molecular weight excluding hydrogens is 227 g/mol. The minimum atomic E-state index is -3.90. The van der Waals surface area contributed by atoms with Gasteiger partial charge in [0.25, 0.3) is 0 Å². The van der Waals surface area contributed by atoms with E-state index in [0.717, 1.165) is 0 Å². The molecule has 0 radical (unpaired) electrons. The van der Waals surface area contributed by atoms with Gasteiger partial charge in [0.05, 0.1) is 6.61 Å². The first-order valence-corrected chi connectivity index (χ1v) is 5.61. The Morgan fingerprint density at radius 2 is 1.80 bits per heavy atom. The van der Waals surface area contributed by atoms with Gasteiger partial charge in [0.15, 0.2) is 0 Å². The van der Waals surface area contributed by atoms with Crippen LogP contribution in [0.25, 0.3) is 0 Å². The standard InChI is InChI=1S/C9H12O4S.Na.H/c1-2-8-12-14(10,11)13-9-6-4-3-5-7-9;;/h3-7H,2,8H2,1H3;;. The van der Waals surface area contributed by atoms with Crippen LogP contribution in [0.2, 0.25) is 0 Å². The molecule has 0 spiro atoms. The summed E-state index contributed by atoms with van der Waals surface area (Å²) < 4.78 is 31.4. The van der Waals surface area contributed by atoms with Crippen molar-refractivity contribution >= 4 is 40.0 Å². The molecule has 0 saturated carbocycles. The predicted molar refractivity (Wildman–Crippen MR) is 59.4 cm³/mol. The fourth-order valence-corrected chi connectivity index (χ4v) is 1.57. The summed E-state index contributed by atoms with van der Waals surface area (Å²) in [4.78, 5) is 0. The van der Waals surface area contributed by atoms with Crippen LogP contribution in [-0.4, -0.2) is 44.6 Å². The second kappa shape index (κ2) is 7.24. The summed E-state index contributed by atoms with van der Waals surface area (Å²) in [5.41, 5.74) is 0. The van der Waals surface area contributed by atoms with Crippen LogP contribution in [0.3, 0.4) is 0 Å². The van der Waals surface area contributed by atoms with Crippen molar-refractivity contribution < 1.29 is 16.8 Å². The van der Waals surface area contributed by atoms with Crippen molar-refractivity contribution in [2.75, 3.05) is 6.61 Å². The monoisotopic (exact) mass is 240 g/mol. The molecule has 1 aromatic rings. The van der Waals surface area contributed by atoms with Crippen molar-refractivity contribution in [2.24, 2.45) is 0 Å². The van der Waals surface area contributed by atoms with E-state index in [1.807, 2.05) is 6.92 Å². The molecule has 0 aliphatic rings. The zero-order valence-corrected chi connectivity index (χ0v) is 8.66. The Morgan fingerprint density at radius 3 is 2.33 bits per heavy atom. The molecule has 0 saturated heterocycles. The third kappa shape index (κ3) is 6.17. The summed E-state index contributed by atoms with van der Waals surface area (Å²) in [5.74, 6) is 0.253. The van der Waals surface area contributed by atoms with Crippen molar-refractivity contribution in [1.82, 2.24) is 0 Å². The molecule has 0 atom stereocenters. The zero-order chi connectivity index (χ0) is 10.4. The van der Waals surface area contributed by atoms with Crippen LogP contribution in [0.4, 0.5) is 0 Å². The average Bonchev–Trinajstić information content (AvgIpc) is 2.16. The van der Waals surface area contributed by atoms with E-state index in [2.05, 4.69) is 8.37 Å². The Balaban J connectivity index is 0.00000196. The molecule has 0 fully saturated rings. The normalized spacial score (nSPS) is 10.5. The first-order valence-electron chi connectivity index (χ1n) is 4.28. The molecule has 80 valence electrons. The molecule has 1 aromatic carbocycles. The first kappa shape index (κ1) is 14.9. The van der Waals surface area contributed by atoms with Gasteiger partial charge in [-0.25, -0.2) is 4.18 Å². The SMILES string of the molecule is CCCOS(=O)(=O)Oc1ccccc1.[NaH]. The Bertz CT molecular complexity index is 363. The molecule has 0 aromatic heterocycles. The van der Waals surface area contributed by atoms with Gasteiger partial charge in [-0.1, -0.05) is 25.1 Å². The fourth-order valence-electron chi connectivity index (χ4n) is 0.803. The molecular formula is C9H13NaO4S. The predicted octanol–water partition coefficient (Wildman–Crippen LogP) is 1.09. The van der Waals surface area contributed by atoms with Gasteiger partial charge in [-0.3, -0.25) is 0 Å². The average molecular weight is 240 g/mol. The van der Waals surface area contributed by atoms with Crippen LogP contribution in [0.1, 0.15) is 13.3 Å². The molecule has 0 N–H and O–H groups in total. The quantitative estimate of drug-likeness (QED) is 0.723. The number of hydrogen-bond donors (Lipinski definition) is 0. The van der Waals surface area contributed by atoms with Gasteiger partial charge < -0.3 is 4.18 Å². The van der Waals surface area contributed by atoms with Crippen molar-refractivity contribution in [3.63, 3.8) is 0 Å². The van der Waals surface area contributed by atoms with Crippen molar-refractivity contribution in [3.8, 4) is 5.75 Å². The summed E-state index contributed by atoms with van der Waals surface area (Å²) in [7, 11) is -3.90. The number of hydrogen-bond acceptors (Lipinski definition) is 4. The van der Waals surface area contributed by atoms with Gasteiger partial charge in [-0.05, 0) is 18.6 Å². The van der Waals surface area contributed by atoms with Crippen LogP contribution in [0, 0.1) is 0 Å². The molecule has 0 aliphatic heterocycles. The summed E-state index contributed by atoms with van der Waals surface area (Å²) in [5, 5.41) is 0. The zero-order valence-electron chi connectivity index (χ0n) is 7.84. The van der Waals surface area contributed by atoms with E-state index in [1.54, 1.807) is 30.3 Å². The van der Waals surface area contributed by atoms with Crippen LogP contribution in [-0.2, 0) is 14.6 Å². The molecule has 0 amide bonds. The van der Waals surface area contributed by atoms with Gasteiger partial charge in [0.1, 0.15) is 5.75 Å². The van der Waals surface area contributed by atoms with E-state index < -0.39 is 10.4 Å². The van der Waals surface area contributed by atoms with E-state index in [-0.39, 0.29) is 41.9 Å². The van der Waals surface area contributed by atoms with Gasteiger partial charge in [0, 0.05) is 0 Å². The minimum absolute atomic E-state index is 0. The van der Waals surface area contributed by atoms with E-state index in [1.165, 1.54) is 0 Å². The summed E-state index contributed by atoms with van der Waals surface area (Å²) in [6.45, 7) is 1.95.